The van der Waals surface area contributed by atoms with E-state index >= 15 is 0 Å². The Bertz CT molecular complexity index is 681. The van der Waals surface area contributed by atoms with Crippen LogP contribution in [0.15, 0.2) is 42.9 Å². The number of hydrogen-bond donors (Lipinski definition) is 0. The van der Waals surface area contributed by atoms with Crippen molar-refractivity contribution in [3.63, 3.8) is 0 Å². The lowest BCUT2D eigenvalue weighted by Gasteiger charge is -2.43. The van der Waals surface area contributed by atoms with E-state index in [-0.39, 0.29) is 17.2 Å². The van der Waals surface area contributed by atoms with Crippen LogP contribution in [0.25, 0.3) is 0 Å². The number of carbonyl (C=O) groups is 1. The lowest BCUT2D eigenvalue weighted by molar-refractivity contribution is -0.130. The second-order valence-electron chi connectivity index (χ2n) is 7.78. The number of carbonyl (C=O) groups excluding carboxylic acids is 1. The molecule has 2 atom stereocenters. The lowest BCUT2D eigenvalue weighted by atomic mass is 9.63. The van der Waals surface area contributed by atoms with E-state index in [0.29, 0.717) is 19.0 Å². The molecule has 2 heterocycles. The molecule has 0 aliphatic heterocycles. The van der Waals surface area contributed by atoms with Crippen LogP contribution in [0.4, 0.5) is 5.82 Å². The van der Waals surface area contributed by atoms with Gasteiger partial charge in [-0.2, -0.15) is 5.10 Å². The molecule has 0 aromatic carbocycles. The molecule has 0 radical (unpaired) electrons. The Labute approximate surface area is 150 Å². The van der Waals surface area contributed by atoms with E-state index in [1.54, 1.807) is 12.4 Å². The second-order valence-corrected chi connectivity index (χ2v) is 7.78. The fourth-order valence-corrected chi connectivity index (χ4v) is 4.20. The van der Waals surface area contributed by atoms with E-state index in [2.05, 4.69) is 30.9 Å². The first-order valence-corrected chi connectivity index (χ1v) is 9.19. The van der Waals surface area contributed by atoms with Gasteiger partial charge in [0.25, 0.3) is 0 Å². The van der Waals surface area contributed by atoms with E-state index in [9.17, 15) is 4.79 Å². The van der Waals surface area contributed by atoms with Crippen molar-refractivity contribution in [2.24, 2.45) is 17.3 Å². The van der Waals surface area contributed by atoms with Gasteiger partial charge < -0.3 is 0 Å². The summed E-state index contributed by atoms with van der Waals surface area (Å²) >= 11 is 0. The zero-order valence-electron chi connectivity index (χ0n) is 15.4. The molecule has 25 heavy (non-hydrogen) atoms. The molecule has 0 bridgehead atoms. The van der Waals surface area contributed by atoms with Crippen molar-refractivity contribution >= 4 is 11.7 Å². The largest absolute Gasteiger partial charge is 0.295 e. The Morgan fingerprint density at radius 3 is 2.80 bits per heavy atom. The summed E-state index contributed by atoms with van der Waals surface area (Å²) in [6, 6.07) is 7.64. The number of anilines is 1. The third kappa shape index (κ3) is 3.91. The van der Waals surface area contributed by atoms with Crippen LogP contribution in [-0.2, 0) is 11.3 Å². The van der Waals surface area contributed by atoms with Crippen LogP contribution in [0.5, 0.6) is 0 Å². The number of pyridine rings is 1. The van der Waals surface area contributed by atoms with E-state index in [0.717, 1.165) is 18.7 Å². The molecule has 1 fully saturated rings. The van der Waals surface area contributed by atoms with Gasteiger partial charge in [0.15, 0.2) is 0 Å². The maximum absolute atomic E-state index is 13.5. The highest BCUT2D eigenvalue weighted by molar-refractivity contribution is 5.94. The summed E-state index contributed by atoms with van der Waals surface area (Å²) in [6.07, 6.45) is 8.86. The van der Waals surface area contributed by atoms with Gasteiger partial charge in [-0.3, -0.25) is 14.4 Å². The Morgan fingerprint density at radius 1 is 1.32 bits per heavy atom. The minimum Gasteiger partial charge on any atom is -0.295 e. The zero-order valence-corrected chi connectivity index (χ0v) is 15.4. The SMILES string of the molecule is CC1CCCC(C)(C)C1C(=O)N(CCn1cccn1)c1ccccn1. The van der Waals surface area contributed by atoms with Crippen LogP contribution in [0.1, 0.15) is 40.0 Å². The molecule has 1 aliphatic carbocycles. The topological polar surface area (TPSA) is 51.0 Å². The first-order valence-electron chi connectivity index (χ1n) is 9.19. The number of nitrogens with zero attached hydrogens (tertiary/aromatic N) is 4. The quantitative estimate of drug-likeness (QED) is 0.832. The molecule has 1 saturated carbocycles. The fourth-order valence-electron chi connectivity index (χ4n) is 4.20. The molecule has 1 aliphatic rings. The highest BCUT2D eigenvalue weighted by Crippen LogP contribution is 2.45. The summed E-state index contributed by atoms with van der Waals surface area (Å²) in [4.78, 5) is 19.8. The van der Waals surface area contributed by atoms with Crippen LogP contribution in [0.2, 0.25) is 0 Å². The number of amides is 1. The van der Waals surface area contributed by atoms with E-state index in [1.807, 2.05) is 40.0 Å². The number of rotatable bonds is 5. The van der Waals surface area contributed by atoms with Crippen molar-refractivity contribution in [1.82, 2.24) is 14.8 Å². The lowest BCUT2D eigenvalue weighted by Crippen LogP contribution is -2.48. The van der Waals surface area contributed by atoms with E-state index in [4.69, 9.17) is 0 Å². The average molecular weight is 340 g/mol. The predicted octanol–water partition coefficient (Wildman–Crippen LogP) is 3.77. The van der Waals surface area contributed by atoms with Crippen molar-refractivity contribution in [2.45, 2.75) is 46.6 Å². The van der Waals surface area contributed by atoms with Gasteiger partial charge in [-0.25, -0.2) is 4.98 Å². The minimum absolute atomic E-state index is 0.0213. The Morgan fingerprint density at radius 2 is 2.16 bits per heavy atom. The Hall–Kier alpha value is -2.17. The van der Waals surface area contributed by atoms with Gasteiger partial charge in [-0.1, -0.05) is 33.3 Å². The Kier molecular flexibility index (Phi) is 5.21. The molecule has 1 amide bonds. The van der Waals surface area contributed by atoms with Crippen LogP contribution in [0.3, 0.4) is 0 Å². The van der Waals surface area contributed by atoms with Gasteiger partial charge >= 0.3 is 0 Å². The molecule has 5 nitrogen and oxygen atoms in total. The van der Waals surface area contributed by atoms with Gasteiger partial charge in [0, 0.05) is 31.1 Å². The summed E-state index contributed by atoms with van der Waals surface area (Å²) in [5.41, 5.74) is 0.0213. The van der Waals surface area contributed by atoms with Crippen molar-refractivity contribution in [3.05, 3.63) is 42.9 Å². The van der Waals surface area contributed by atoms with Gasteiger partial charge in [0.2, 0.25) is 5.91 Å². The summed E-state index contributed by atoms with van der Waals surface area (Å²) in [5, 5.41) is 4.26. The first kappa shape index (κ1) is 17.6. The highest BCUT2D eigenvalue weighted by Gasteiger charge is 2.43. The molecule has 2 aromatic heterocycles. The fraction of sp³-hybridized carbons (Fsp3) is 0.550. The number of hydrogen-bond acceptors (Lipinski definition) is 3. The summed E-state index contributed by atoms with van der Waals surface area (Å²) in [7, 11) is 0. The van der Waals surface area contributed by atoms with E-state index < -0.39 is 0 Å². The smallest absolute Gasteiger partial charge is 0.232 e. The minimum atomic E-state index is 0.0213. The third-order valence-corrected chi connectivity index (χ3v) is 5.46. The zero-order chi connectivity index (χ0) is 17.9. The molecular formula is C20H28N4O. The summed E-state index contributed by atoms with van der Waals surface area (Å²) in [6.45, 7) is 7.92. The molecule has 0 saturated heterocycles. The predicted molar refractivity (Wildman–Crippen MR) is 99.1 cm³/mol. The summed E-state index contributed by atoms with van der Waals surface area (Å²) < 4.78 is 1.86. The van der Waals surface area contributed by atoms with Crippen LogP contribution in [-0.4, -0.2) is 27.2 Å². The van der Waals surface area contributed by atoms with Crippen molar-refractivity contribution in [2.75, 3.05) is 11.4 Å². The van der Waals surface area contributed by atoms with Gasteiger partial charge in [-0.05, 0) is 42.4 Å². The first-order chi connectivity index (χ1) is 12.0. The maximum atomic E-state index is 13.5. The molecule has 0 N–H and O–H groups in total. The second kappa shape index (κ2) is 7.38. The van der Waals surface area contributed by atoms with Crippen molar-refractivity contribution in [1.29, 1.82) is 0 Å². The molecule has 2 aromatic rings. The molecule has 3 rings (SSSR count). The summed E-state index contributed by atoms with van der Waals surface area (Å²) in [5.74, 6) is 1.35. The van der Waals surface area contributed by atoms with Crippen molar-refractivity contribution < 1.29 is 4.79 Å². The number of aromatic nitrogens is 3. The van der Waals surface area contributed by atoms with Gasteiger partial charge in [-0.15, -0.1) is 0 Å². The van der Waals surface area contributed by atoms with Crippen LogP contribution >= 0.6 is 0 Å². The molecule has 0 spiro atoms. The molecule has 2 unspecified atom stereocenters. The highest BCUT2D eigenvalue weighted by atomic mass is 16.2. The monoisotopic (exact) mass is 340 g/mol. The average Bonchev–Trinajstić information content (AvgIpc) is 3.08. The molecule has 5 heteroatoms. The Balaban J connectivity index is 1.86. The third-order valence-electron chi connectivity index (χ3n) is 5.46. The maximum Gasteiger partial charge on any atom is 0.232 e. The van der Waals surface area contributed by atoms with Gasteiger partial charge in [0.1, 0.15) is 5.82 Å². The van der Waals surface area contributed by atoms with Gasteiger partial charge in [0.05, 0.1) is 6.54 Å². The molecule has 134 valence electrons. The van der Waals surface area contributed by atoms with Crippen molar-refractivity contribution in [3.8, 4) is 0 Å². The van der Waals surface area contributed by atoms with E-state index in [1.165, 1.54) is 6.42 Å². The standard InChI is InChI=1S/C20H28N4O/c1-16-8-6-10-20(2,3)18(16)19(25)24(17-9-4-5-11-21-17)15-14-23-13-7-12-22-23/h4-5,7,9,11-13,16,18H,6,8,10,14-15H2,1-3H3. The van der Waals surface area contributed by atoms with Crippen LogP contribution in [0, 0.1) is 17.3 Å². The van der Waals surface area contributed by atoms with Crippen LogP contribution < -0.4 is 4.90 Å². The normalized spacial score (nSPS) is 22.5. The molecular weight excluding hydrogens is 312 g/mol.